The van der Waals surface area contributed by atoms with E-state index in [4.69, 9.17) is 9.26 Å². The number of benzene rings is 2. The molecule has 7 nitrogen and oxygen atoms in total. The lowest BCUT2D eigenvalue weighted by Crippen LogP contribution is -2.20. The summed E-state index contributed by atoms with van der Waals surface area (Å²) in [5.74, 6) is -2.50. The maximum absolute atomic E-state index is 13.3. The summed E-state index contributed by atoms with van der Waals surface area (Å²) in [6.07, 6.45) is -9.29. The number of carbonyl (C=O) groups is 1. The number of carbonyl (C=O) groups excluding carboxylic acids is 1. The van der Waals surface area contributed by atoms with E-state index in [9.17, 15) is 31.1 Å². The lowest BCUT2D eigenvalue weighted by atomic mass is 10.1. The van der Waals surface area contributed by atoms with Crippen molar-refractivity contribution in [3.05, 3.63) is 65.8 Å². The Morgan fingerprint density at radius 1 is 0.939 bits per heavy atom. The molecule has 0 saturated heterocycles. The third-order valence-corrected chi connectivity index (χ3v) is 4.49. The second-order valence-corrected chi connectivity index (χ2v) is 6.76. The van der Waals surface area contributed by atoms with Gasteiger partial charge >= 0.3 is 18.3 Å². The summed E-state index contributed by atoms with van der Waals surface area (Å²) in [5, 5.41) is 3.60. The van der Waals surface area contributed by atoms with E-state index in [1.165, 1.54) is 24.3 Å². The topological polar surface area (TPSA) is 83.0 Å². The first-order valence-electron chi connectivity index (χ1n) is 9.20. The predicted octanol–water partition coefficient (Wildman–Crippen LogP) is 4.87. The van der Waals surface area contributed by atoms with Crippen LogP contribution in [0.4, 0.5) is 26.3 Å². The molecule has 4 rings (SSSR count). The minimum atomic E-state index is -4.79. The quantitative estimate of drug-likeness (QED) is 0.306. The molecule has 0 amide bonds. The Kier molecular flexibility index (Phi) is 5.56. The number of rotatable bonds is 5. The van der Waals surface area contributed by atoms with E-state index in [0.717, 1.165) is 24.3 Å². The Morgan fingerprint density at radius 3 is 2.30 bits per heavy atom. The summed E-state index contributed by atoms with van der Waals surface area (Å²) in [6, 6.07) is 9.78. The second-order valence-electron chi connectivity index (χ2n) is 6.76. The number of hydrogen-bond donors (Lipinski definition) is 0. The second kappa shape index (κ2) is 8.22. The van der Waals surface area contributed by atoms with Crippen molar-refractivity contribution in [2.24, 2.45) is 0 Å². The van der Waals surface area contributed by atoms with Crippen LogP contribution < -0.4 is 0 Å². The van der Waals surface area contributed by atoms with Gasteiger partial charge < -0.3 is 13.8 Å². The van der Waals surface area contributed by atoms with Gasteiger partial charge in [0.1, 0.15) is 6.54 Å². The van der Waals surface area contributed by atoms with Crippen LogP contribution >= 0.6 is 0 Å². The fourth-order valence-corrected chi connectivity index (χ4v) is 3.01. The highest BCUT2D eigenvalue weighted by Crippen LogP contribution is 2.32. The summed E-state index contributed by atoms with van der Waals surface area (Å²) in [7, 11) is 0. The van der Waals surface area contributed by atoms with Gasteiger partial charge in [0.25, 0.3) is 5.89 Å². The summed E-state index contributed by atoms with van der Waals surface area (Å²) in [5.41, 5.74) is -0.460. The summed E-state index contributed by atoms with van der Waals surface area (Å²) in [4.78, 5) is 19.6. The fraction of sp³-hybridized carbons (Fsp3) is 0.200. The smallest absolute Gasteiger partial charge is 0.449 e. The van der Waals surface area contributed by atoms with E-state index >= 15 is 0 Å². The van der Waals surface area contributed by atoms with Crippen molar-refractivity contribution in [3.63, 3.8) is 0 Å². The molecule has 2 aromatic carbocycles. The zero-order valence-electron chi connectivity index (χ0n) is 16.3. The van der Waals surface area contributed by atoms with Crippen molar-refractivity contribution in [1.82, 2.24) is 19.7 Å². The van der Waals surface area contributed by atoms with Crippen molar-refractivity contribution in [3.8, 4) is 11.4 Å². The molecule has 0 unspecified atom stereocenters. The first kappa shape index (κ1) is 22.3. The Bertz CT molecular complexity index is 1290. The average molecular weight is 470 g/mol. The maximum atomic E-state index is 13.3. The lowest BCUT2D eigenvalue weighted by molar-refractivity contribution is -0.151. The van der Waals surface area contributed by atoms with Crippen LogP contribution in [0.25, 0.3) is 22.4 Å². The van der Waals surface area contributed by atoms with Gasteiger partial charge in [-0.2, -0.15) is 31.3 Å². The van der Waals surface area contributed by atoms with E-state index in [0.29, 0.717) is 4.57 Å². The molecule has 0 N–H and O–H groups in total. The van der Waals surface area contributed by atoms with E-state index in [-0.39, 0.29) is 28.3 Å². The Morgan fingerprint density at radius 2 is 1.64 bits per heavy atom. The third-order valence-electron chi connectivity index (χ3n) is 4.49. The van der Waals surface area contributed by atoms with Gasteiger partial charge in [-0.3, -0.25) is 4.79 Å². The van der Waals surface area contributed by atoms with Gasteiger partial charge in [-0.25, -0.2) is 4.98 Å². The highest BCUT2D eigenvalue weighted by Gasteiger charge is 2.38. The molecule has 0 fully saturated rings. The monoisotopic (exact) mass is 470 g/mol. The van der Waals surface area contributed by atoms with E-state index in [1.807, 2.05) is 0 Å². The zero-order valence-corrected chi connectivity index (χ0v) is 16.3. The molecule has 0 aliphatic carbocycles. The molecule has 4 aromatic rings. The number of esters is 1. The number of ether oxygens (including phenoxy) is 1. The zero-order chi connectivity index (χ0) is 23.8. The maximum Gasteiger partial charge on any atom is 0.449 e. The van der Waals surface area contributed by atoms with Crippen molar-refractivity contribution in [1.29, 1.82) is 0 Å². The van der Waals surface area contributed by atoms with Gasteiger partial charge in [-0.1, -0.05) is 29.4 Å². The number of fused-ring (bicyclic) bond motifs is 1. The molecule has 0 aliphatic heterocycles. The molecule has 0 bridgehead atoms. The van der Waals surface area contributed by atoms with Gasteiger partial charge in [0.05, 0.1) is 16.6 Å². The lowest BCUT2D eigenvalue weighted by Gasteiger charge is -2.10. The number of para-hydroxylation sites is 2. The van der Waals surface area contributed by atoms with Crippen LogP contribution in [-0.4, -0.2) is 25.7 Å². The molecular weight excluding hydrogens is 458 g/mol. The van der Waals surface area contributed by atoms with Crippen LogP contribution in [0, 0.1) is 0 Å². The van der Waals surface area contributed by atoms with Gasteiger partial charge in [0, 0.05) is 5.56 Å². The van der Waals surface area contributed by atoms with Crippen molar-refractivity contribution in [2.75, 3.05) is 0 Å². The summed E-state index contributed by atoms with van der Waals surface area (Å²) >= 11 is 0. The van der Waals surface area contributed by atoms with Crippen LogP contribution in [0.15, 0.2) is 53.1 Å². The number of imidazole rings is 1. The highest BCUT2D eigenvalue weighted by atomic mass is 19.4. The van der Waals surface area contributed by atoms with E-state index in [2.05, 4.69) is 15.1 Å². The molecule has 2 aromatic heterocycles. The molecule has 0 spiro atoms. The van der Waals surface area contributed by atoms with Crippen LogP contribution in [0.1, 0.15) is 17.3 Å². The molecule has 13 heteroatoms. The van der Waals surface area contributed by atoms with Crippen LogP contribution in [0.5, 0.6) is 0 Å². The number of nitrogens with zero attached hydrogens (tertiary/aromatic N) is 4. The van der Waals surface area contributed by atoms with Crippen LogP contribution in [0.3, 0.4) is 0 Å². The number of hydrogen-bond acceptors (Lipinski definition) is 6. The van der Waals surface area contributed by atoms with Gasteiger partial charge in [-0.15, -0.1) is 0 Å². The molecule has 0 saturated carbocycles. The Balaban J connectivity index is 1.44. The summed E-state index contributed by atoms with van der Waals surface area (Å²) < 4.78 is 88.4. The molecule has 33 heavy (non-hydrogen) atoms. The number of halogens is 6. The SMILES string of the molecule is O=C(Cn1c(C(F)(F)F)nc2ccccc21)OCc1nc(-c2ccc(C(F)(F)F)cc2)no1. The van der Waals surface area contributed by atoms with Crippen molar-refractivity contribution < 1.29 is 40.4 Å². The highest BCUT2D eigenvalue weighted by molar-refractivity contribution is 5.79. The molecule has 0 atom stereocenters. The molecule has 0 aliphatic rings. The molecule has 2 heterocycles. The largest absolute Gasteiger partial charge is 0.454 e. The average Bonchev–Trinajstić information content (AvgIpc) is 3.37. The van der Waals surface area contributed by atoms with Gasteiger partial charge in [0.2, 0.25) is 11.6 Å². The predicted molar refractivity (Wildman–Crippen MR) is 99.3 cm³/mol. The standard InChI is InChI=1S/C20H12F6N4O3/c21-19(22,23)12-7-5-11(6-8-12)17-28-15(33-29-17)10-32-16(31)9-30-14-4-2-1-3-13(14)27-18(30)20(24,25)26/h1-8H,9-10H2. The Hall–Kier alpha value is -3.90. The summed E-state index contributed by atoms with van der Waals surface area (Å²) in [6.45, 7) is -1.31. The van der Waals surface area contributed by atoms with E-state index < -0.39 is 42.9 Å². The number of alkyl halides is 6. The first-order chi connectivity index (χ1) is 15.5. The minimum absolute atomic E-state index is 0.0465. The van der Waals surface area contributed by atoms with Crippen molar-refractivity contribution in [2.45, 2.75) is 25.5 Å². The fourth-order valence-electron chi connectivity index (χ4n) is 3.01. The van der Waals surface area contributed by atoms with Crippen LogP contribution in [0.2, 0.25) is 0 Å². The molecule has 172 valence electrons. The first-order valence-corrected chi connectivity index (χ1v) is 9.20. The van der Waals surface area contributed by atoms with Crippen LogP contribution in [-0.2, 0) is 35.0 Å². The molecule has 0 radical (unpaired) electrons. The minimum Gasteiger partial charge on any atom is -0.454 e. The number of aromatic nitrogens is 4. The van der Waals surface area contributed by atoms with Gasteiger partial charge in [0.15, 0.2) is 6.61 Å². The van der Waals surface area contributed by atoms with Crippen molar-refractivity contribution >= 4 is 17.0 Å². The molecular formula is C20H12F6N4O3. The normalized spacial score (nSPS) is 12.3. The van der Waals surface area contributed by atoms with Gasteiger partial charge in [-0.05, 0) is 24.3 Å². The Labute approximate surface area is 180 Å². The van der Waals surface area contributed by atoms with E-state index in [1.54, 1.807) is 0 Å². The third kappa shape index (κ3) is 4.81.